The molecule has 28 heavy (non-hydrogen) atoms. The second kappa shape index (κ2) is 7.42. The van der Waals surface area contributed by atoms with Crippen LogP contribution in [0.5, 0.6) is 5.75 Å². The van der Waals surface area contributed by atoms with Crippen molar-refractivity contribution in [2.24, 2.45) is 0 Å². The Morgan fingerprint density at radius 1 is 1.07 bits per heavy atom. The summed E-state index contributed by atoms with van der Waals surface area (Å²) in [6.45, 7) is 5.01. The summed E-state index contributed by atoms with van der Waals surface area (Å²) in [5.74, 6) is -1.92. The number of amides is 3. The van der Waals surface area contributed by atoms with E-state index in [1.807, 2.05) is 6.92 Å². The number of methoxy groups -OCH3 is 1. The number of imide groups is 1. The summed E-state index contributed by atoms with van der Waals surface area (Å²) < 4.78 is 18.8. The third-order valence-corrected chi connectivity index (χ3v) is 4.87. The minimum atomic E-state index is -1.00. The Bertz CT molecular complexity index is 973. The van der Waals surface area contributed by atoms with Gasteiger partial charge in [0.05, 0.1) is 24.3 Å². The number of ether oxygens (including phenoxy) is 1. The summed E-state index contributed by atoms with van der Waals surface area (Å²) in [5, 5.41) is 2.72. The van der Waals surface area contributed by atoms with Gasteiger partial charge in [0.25, 0.3) is 11.8 Å². The maximum Gasteiger partial charge on any atom is 0.262 e. The van der Waals surface area contributed by atoms with Gasteiger partial charge in [0.2, 0.25) is 5.91 Å². The second-order valence-corrected chi connectivity index (χ2v) is 6.83. The van der Waals surface area contributed by atoms with Crippen molar-refractivity contribution in [1.29, 1.82) is 0 Å². The number of fused-ring (bicyclic) bond motifs is 1. The predicted molar refractivity (Wildman–Crippen MR) is 101 cm³/mol. The van der Waals surface area contributed by atoms with Gasteiger partial charge in [-0.05, 0) is 50.6 Å². The Balaban J connectivity index is 1.75. The van der Waals surface area contributed by atoms with Gasteiger partial charge < -0.3 is 10.1 Å². The minimum absolute atomic E-state index is 0.108. The molecule has 1 aliphatic heterocycles. The van der Waals surface area contributed by atoms with Crippen molar-refractivity contribution in [3.8, 4) is 5.75 Å². The van der Waals surface area contributed by atoms with Gasteiger partial charge in [-0.15, -0.1) is 0 Å². The van der Waals surface area contributed by atoms with E-state index in [0.717, 1.165) is 10.5 Å². The number of rotatable bonds is 5. The molecule has 0 radical (unpaired) electrons. The van der Waals surface area contributed by atoms with Crippen molar-refractivity contribution in [2.45, 2.75) is 32.9 Å². The van der Waals surface area contributed by atoms with E-state index in [1.165, 1.54) is 26.2 Å². The molecule has 1 heterocycles. The highest BCUT2D eigenvalue weighted by Crippen LogP contribution is 2.26. The van der Waals surface area contributed by atoms with Gasteiger partial charge in [-0.1, -0.05) is 17.7 Å². The number of halogens is 1. The summed E-state index contributed by atoms with van der Waals surface area (Å²) in [4.78, 5) is 38.8. The third kappa shape index (κ3) is 3.35. The molecule has 146 valence electrons. The van der Waals surface area contributed by atoms with E-state index in [1.54, 1.807) is 31.2 Å². The molecular formula is C21H21FN2O4. The molecule has 0 fully saturated rings. The number of aryl methyl sites for hydroxylation is 1. The van der Waals surface area contributed by atoms with Gasteiger partial charge in [-0.25, -0.2) is 4.39 Å². The van der Waals surface area contributed by atoms with Gasteiger partial charge in [-0.2, -0.15) is 0 Å². The second-order valence-electron chi connectivity index (χ2n) is 6.83. The lowest BCUT2D eigenvalue weighted by atomic mass is 10.1. The largest absolute Gasteiger partial charge is 0.494 e. The highest BCUT2D eigenvalue weighted by atomic mass is 19.1. The zero-order valence-corrected chi connectivity index (χ0v) is 16.1. The fourth-order valence-corrected chi connectivity index (χ4v) is 3.21. The molecule has 1 N–H and O–H groups in total. The quantitative estimate of drug-likeness (QED) is 0.804. The van der Waals surface area contributed by atoms with Crippen LogP contribution in [0.25, 0.3) is 0 Å². The first-order valence-electron chi connectivity index (χ1n) is 8.87. The van der Waals surface area contributed by atoms with E-state index in [2.05, 4.69) is 5.32 Å². The Kier molecular flexibility index (Phi) is 5.18. The van der Waals surface area contributed by atoms with Crippen molar-refractivity contribution in [2.75, 3.05) is 7.11 Å². The van der Waals surface area contributed by atoms with E-state index in [9.17, 15) is 18.8 Å². The van der Waals surface area contributed by atoms with Gasteiger partial charge in [0.1, 0.15) is 6.04 Å². The van der Waals surface area contributed by atoms with Crippen molar-refractivity contribution in [3.63, 3.8) is 0 Å². The molecule has 2 atom stereocenters. The van der Waals surface area contributed by atoms with Crippen molar-refractivity contribution >= 4 is 17.7 Å². The van der Waals surface area contributed by atoms with Crippen LogP contribution in [0.3, 0.4) is 0 Å². The maximum atomic E-state index is 13.9. The van der Waals surface area contributed by atoms with Crippen LogP contribution in [0.4, 0.5) is 4.39 Å². The first kappa shape index (κ1) is 19.5. The first-order chi connectivity index (χ1) is 13.2. The number of hydrogen-bond donors (Lipinski definition) is 1. The molecule has 0 saturated heterocycles. The lowest BCUT2D eigenvalue weighted by Crippen LogP contribution is -2.48. The van der Waals surface area contributed by atoms with Crippen LogP contribution in [0.15, 0.2) is 36.4 Å². The normalized spacial score (nSPS) is 15.2. The van der Waals surface area contributed by atoms with Gasteiger partial charge in [-0.3, -0.25) is 19.3 Å². The first-order valence-corrected chi connectivity index (χ1v) is 8.87. The number of benzene rings is 2. The fourth-order valence-electron chi connectivity index (χ4n) is 3.21. The van der Waals surface area contributed by atoms with E-state index >= 15 is 0 Å². The van der Waals surface area contributed by atoms with Crippen LogP contribution in [0.1, 0.15) is 51.7 Å². The predicted octanol–water partition coefficient (Wildman–Crippen LogP) is 3.00. The summed E-state index contributed by atoms with van der Waals surface area (Å²) in [6.07, 6.45) is 0. The molecule has 6 nitrogen and oxygen atoms in total. The van der Waals surface area contributed by atoms with E-state index in [4.69, 9.17) is 4.74 Å². The van der Waals surface area contributed by atoms with Crippen LogP contribution in [-0.4, -0.2) is 35.8 Å². The van der Waals surface area contributed by atoms with Crippen molar-refractivity contribution in [1.82, 2.24) is 10.2 Å². The lowest BCUT2D eigenvalue weighted by Gasteiger charge is -2.24. The number of carbonyl (C=O) groups excluding carboxylic acids is 3. The average Bonchev–Trinajstić information content (AvgIpc) is 2.90. The van der Waals surface area contributed by atoms with Gasteiger partial charge in [0, 0.05) is 0 Å². The fraction of sp³-hybridized carbons (Fsp3) is 0.286. The summed E-state index contributed by atoms with van der Waals surface area (Å²) in [7, 11) is 1.37. The number of hydrogen-bond acceptors (Lipinski definition) is 4. The zero-order valence-electron chi connectivity index (χ0n) is 16.1. The highest BCUT2D eigenvalue weighted by molar-refractivity contribution is 6.22. The zero-order chi connectivity index (χ0) is 20.6. The van der Waals surface area contributed by atoms with Crippen LogP contribution < -0.4 is 10.1 Å². The number of nitrogens with one attached hydrogen (secondary N) is 1. The summed E-state index contributed by atoms with van der Waals surface area (Å²) in [6, 6.07) is 7.86. The summed E-state index contributed by atoms with van der Waals surface area (Å²) in [5.41, 5.74) is 1.99. The highest BCUT2D eigenvalue weighted by Gasteiger charge is 2.41. The Morgan fingerprint density at radius 2 is 1.75 bits per heavy atom. The number of carbonyl (C=O) groups is 3. The molecule has 0 bridgehead atoms. The van der Waals surface area contributed by atoms with Gasteiger partial charge >= 0.3 is 0 Å². The Labute approximate surface area is 162 Å². The molecule has 0 spiro atoms. The molecule has 7 heteroatoms. The molecule has 0 saturated carbocycles. The summed E-state index contributed by atoms with van der Waals surface area (Å²) >= 11 is 0. The van der Waals surface area contributed by atoms with Crippen molar-refractivity contribution in [3.05, 3.63) is 64.5 Å². The number of nitrogens with zero attached hydrogens (tertiary/aromatic N) is 1. The maximum absolute atomic E-state index is 13.9. The monoisotopic (exact) mass is 384 g/mol. The van der Waals surface area contributed by atoms with Crippen LogP contribution in [0, 0.1) is 12.7 Å². The van der Waals surface area contributed by atoms with E-state index in [-0.39, 0.29) is 5.75 Å². The molecule has 3 amide bonds. The molecule has 2 aromatic carbocycles. The standard InChI is InChI=1S/C21H21FN2O4/c1-11-5-7-15-16(9-11)21(27)24(20(15)26)13(3)19(25)23-12(2)14-6-8-18(28-4)17(22)10-14/h5-10,12-13H,1-4H3,(H,23,25). The molecule has 2 unspecified atom stereocenters. The van der Waals surface area contributed by atoms with Crippen LogP contribution >= 0.6 is 0 Å². The van der Waals surface area contributed by atoms with Gasteiger partial charge in [0.15, 0.2) is 11.6 Å². The van der Waals surface area contributed by atoms with Crippen LogP contribution in [-0.2, 0) is 4.79 Å². The van der Waals surface area contributed by atoms with Crippen LogP contribution in [0.2, 0.25) is 0 Å². The minimum Gasteiger partial charge on any atom is -0.494 e. The lowest BCUT2D eigenvalue weighted by molar-refractivity contribution is -0.125. The molecule has 0 aliphatic carbocycles. The molecule has 0 aromatic heterocycles. The molecule has 1 aliphatic rings. The topological polar surface area (TPSA) is 75.7 Å². The SMILES string of the molecule is COc1ccc(C(C)NC(=O)C(C)N2C(=O)c3ccc(C)cc3C2=O)cc1F. The third-order valence-electron chi connectivity index (χ3n) is 4.87. The van der Waals surface area contributed by atoms with E-state index in [0.29, 0.717) is 16.7 Å². The Hall–Kier alpha value is -3.22. The molecule has 2 aromatic rings. The smallest absolute Gasteiger partial charge is 0.262 e. The average molecular weight is 384 g/mol. The van der Waals surface area contributed by atoms with Crippen molar-refractivity contribution < 1.29 is 23.5 Å². The molecular weight excluding hydrogens is 363 g/mol. The Morgan fingerprint density at radius 3 is 2.39 bits per heavy atom. The molecule has 3 rings (SSSR count). The van der Waals surface area contributed by atoms with E-state index < -0.39 is 35.6 Å².